The lowest BCUT2D eigenvalue weighted by atomic mass is 9.98. The quantitative estimate of drug-likeness (QED) is 0.334. The molecule has 1 aliphatic heterocycles. The first-order valence-electron chi connectivity index (χ1n) is 13.6. The molecule has 1 saturated carbocycles. The molecule has 0 bridgehead atoms. The highest BCUT2D eigenvalue weighted by atomic mass is 16.7. The molecule has 0 spiro atoms. The number of nitrogens with zero attached hydrogens (tertiary/aromatic N) is 7. The Hall–Kier alpha value is -4.10. The molecule has 3 aromatic heterocycles. The van der Waals surface area contributed by atoms with E-state index in [1.54, 1.807) is 16.9 Å². The summed E-state index contributed by atoms with van der Waals surface area (Å²) in [4.78, 5) is 33.7. The Morgan fingerprint density at radius 2 is 2.05 bits per heavy atom. The molecule has 1 saturated heterocycles. The molecule has 4 aromatic rings. The highest BCUT2D eigenvalue weighted by molar-refractivity contribution is 5.92. The fraction of sp³-hybridized carbons (Fsp3) is 0.481. The number of carbonyl (C=O) groups is 1. The summed E-state index contributed by atoms with van der Waals surface area (Å²) in [5.41, 5.74) is 0.861. The Bertz CT molecular complexity index is 1550. The van der Waals surface area contributed by atoms with E-state index in [0.29, 0.717) is 42.3 Å². The van der Waals surface area contributed by atoms with Crippen LogP contribution < -0.4 is 15.7 Å². The third-order valence-electron chi connectivity index (χ3n) is 7.29. The lowest BCUT2D eigenvalue weighted by Gasteiger charge is -2.21. The van der Waals surface area contributed by atoms with Crippen LogP contribution >= 0.6 is 0 Å². The molecule has 1 aliphatic carbocycles. The van der Waals surface area contributed by atoms with E-state index in [2.05, 4.69) is 25.8 Å². The topological polar surface area (TPSA) is 140 Å². The average Bonchev–Trinajstić information content (AvgIpc) is 3.73. The standard InChI is InChI=1S/C27H32N8O5/c1-27(2)38-17-20(39-27)16-33-12-11-24(31-33)29-26(37)23(13-18-7-3-4-8-18)34-25(36)14-19(15-28-34)40-35-22-10-6-5-9-21(22)30-32-35/h5-6,9-12,14-15,18,20,23H,3-4,7-8,13,16-17H2,1-2H3,(H,29,31,37)/t20-,23?/m1/s1. The van der Waals surface area contributed by atoms with E-state index < -0.39 is 17.4 Å². The van der Waals surface area contributed by atoms with E-state index >= 15 is 0 Å². The van der Waals surface area contributed by atoms with Gasteiger partial charge in [0.25, 0.3) is 11.5 Å². The van der Waals surface area contributed by atoms with Crippen LogP contribution in [0.2, 0.25) is 0 Å². The van der Waals surface area contributed by atoms with Gasteiger partial charge in [-0.2, -0.15) is 10.2 Å². The van der Waals surface area contributed by atoms with Crippen LogP contribution in [0.25, 0.3) is 11.0 Å². The molecule has 40 heavy (non-hydrogen) atoms. The zero-order chi connectivity index (χ0) is 27.7. The summed E-state index contributed by atoms with van der Waals surface area (Å²) >= 11 is 0. The third-order valence-corrected chi connectivity index (χ3v) is 7.29. The second-order valence-electron chi connectivity index (χ2n) is 10.8. The molecule has 2 aliphatic rings. The summed E-state index contributed by atoms with van der Waals surface area (Å²) in [5.74, 6) is -0.0408. The van der Waals surface area contributed by atoms with Gasteiger partial charge in [-0.05, 0) is 43.5 Å². The van der Waals surface area contributed by atoms with Crippen molar-refractivity contribution < 1.29 is 19.1 Å². The van der Waals surface area contributed by atoms with Gasteiger partial charge in [-0.1, -0.05) is 42.7 Å². The number of benzene rings is 1. The number of anilines is 1. The van der Waals surface area contributed by atoms with Gasteiger partial charge in [0.05, 0.1) is 25.4 Å². The van der Waals surface area contributed by atoms with Crippen molar-refractivity contribution in [3.8, 4) is 5.75 Å². The van der Waals surface area contributed by atoms with Crippen molar-refractivity contribution in [2.45, 2.75) is 70.4 Å². The lowest BCUT2D eigenvalue weighted by Crippen LogP contribution is -2.36. The first-order valence-corrected chi connectivity index (χ1v) is 13.6. The van der Waals surface area contributed by atoms with Crippen molar-refractivity contribution in [3.05, 3.63) is 59.1 Å². The van der Waals surface area contributed by atoms with Gasteiger partial charge in [0.15, 0.2) is 17.4 Å². The number of aromatic nitrogens is 7. The molecule has 1 unspecified atom stereocenters. The maximum absolute atomic E-state index is 13.5. The zero-order valence-electron chi connectivity index (χ0n) is 22.5. The summed E-state index contributed by atoms with van der Waals surface area (Å²) in [6.07, 6.45) is 7.85. The summed E-state index contributed by atoms with van der Waals surface area (Å²) in [6, 6.07) is 9.54. The molecule has 2 atom stereocenters. The molecule has 2 fully saturated rings. The molecule has 1 aromatic carbocycles. The predicted octanol–water partition coefficient (Wildman–Crippen LogP) is 2.94. The van der Waals surface area contributed by atoms with Crippen LogP contribution in [0.3, 0.4) is 0 Å². The van der Waals surface area contributed by atoms with Gasteiger partial charge in [0.2, 0.25) is 0 Å². The van der Waals surface area contributed by atoms with E-state index in [-0.39, 0.29) is 17.8 Å². The fourth-order valence-corrected chi connectivity index (χ4v) is 5.38. The first kappa shape index (κ1) is 26.1. The van der Waals surface area contributed by atoms with Crippen LogP contribution in [0.4, 0.5) is 5.82 Å². The van der Waals surface area contributed by atoms with E-state index in [0.717, 1.165) is 25.7 Å². The maximum Gasteiger partial charge on any atom is 0.271 e. The number of hydrogen-bond donors (Lipinski definition) is 1. The van der Waals surface area contributed by atoms with Crippen molar-refractivity contribution >= 4 is 22.8 Å². The second-order valence-corrected chi connectivity index (χ2v) is 10.8. The van der Waals surface area contributed by atoms with Gasteiger partial charge in [0.1, 0.15) is 23.2 Å². The fourth-order valence-electron chi connectivity index (χ4n) is 5.38. The van der Waals surface area contributed by atoms with Gasteiger partial charge >= 0.3 is 0 Å². The molecule has 13 nitrogen and oxygen atoms in total. The molecule has 1 amide bonds. The summed E-state index contributed by atoms with van der Waals surface area (Å²) in [6.45, 7) is 4.71. The molecule has 13 heteroatoms. The van der Waals surface area contributed by atoms with Crippen LogP contribution in [0.15, 0.2) is 53.6 Å². The minimum Gasteiger partial charge on any atom is -0.354 e. The Labute approximate surface area is 230 Å². The molecule has 1 N–H and O–H groups in total. The number of para-hydroxylation sites is 1. The number of nitrogens with one attached hydrogen (secondary N) is 1. The van der Waals surface area contributed by atoms with Gasteiger partial charge in [-0.15, -0.1) is 5.10 Å². The van der Waals surface area contributed by atoms with Crippen LogP contribution in [0.1, 0.15) is 52.0 Å². The van der Waals surface area contributed by atoms with Crippen LogP contribution in [0, 0.1) is 5.92 Å². The number of carbonyl (C=O) groups excluding carboxylic acids is 1. The van der Waals surface area contributed by atoms with Crippen LogP contribution in [0.5, 0.6) is 5.75 Å². The highest BCUT2D eigenvalue weighted by Gasteiger charge is 2.33. The zero-order valence-corrected chi connectivity index (χ0v) is 22.5. The second kappa shape index (κ2) is 10.8. The molecular formula is C27H32N8O5. The number of hydrogen-bond acceptors (Lipinski definition) is 9. The minimum absolute atomic E-state index is 0.132. The van der Waals surface area contributed by atoms with Crippen LogP contribution in [-0.4, -0.2) is 59.1 Å². The van der Waals surface area contributed by atoms with E-state index in [4.69, 9.17) is 14.3 Å². The Morgan fingerprint density at radius 3 is 2.83 bits per heavy atom. The van der Waals surface area contributed by atoms with Gasteiger partial charge in [-0.3, -0.25) is 14.3 Å². The van der Waals surface area contributed by atoms with Gasteiger partial charge in [-0.25, -0.2) is 4.68 Å². The third kappa shape index (κ3) is 5.75. The number of rotatable bonds is 9. The lowest BCUT2D eigenvalue weighted by molar-refractivity contribution is -0.139. The van der Waals surface area contributed by atoms with Gasteiger partial charge < -0.3 is 19.6 Å². The number of amides is 1. The number of fused-ring (bicyclic) bond motifs is 1. The predicted molar refractivity (Wildman–Crippen MR) is 143 cm³/mol. The van der Waals surface area contributed by atoms with Gasteiger partial charge in [0, 0.05) is 12.3 Å². The highest BCUT2D eigenvalue weighted by Crippen LogP contribution is 2.32. The SMILES string of the molecule is CC1(C)OC[C@@H](Cn2ccc(NC(=O)C(CC3CCCC3)n3ncc(On4nnc5ccccc54)cc3=O)n2)O1. The molecule has 210 valence electrons. The molecule has 0 radical (unpaired) electrons. The molecule has 4 heterocycles. The Morgan fingerprint density at radius 1 is 1.23 bits per heavy atom. The van der Waals surface area contributed by atoms with Crippen molar-refractivity contribution in [1.82, 2.24) is 34.7 Å². The summed E-state index contributed by atoms with van der Waals surface area (Å²) < 4.78 is 14.4. The smallest absolute Gasteiger partial charge is 0.271 e. The molecular weight excluding hydrogens is 516 g/mol. The molecule has 6 rings (SSSR count). The maximum atomic E-state index is 13.5. The average molecular weight is 549 g/mol. The van der Waals surface area contributed by atoms with Crippen molar-refractivity contribution in [2.24, 2.45) is 5.92 Å². The van der Waals surface area contributed by atoms with Crippen molar-refractivity contribution in [2.75, 3.05) is 11.9 Å². The Balaban J connectivity index is 1.18. The van der Waals surface area contributed by atoms with Crippen LogP contribution in [-0.2, 0) is 20.8 Å². The monoisotopic (exact) mass is 548 g/mol. The summed E-state index contributed by atoms with van der Waals surface area (Å²) in [7, 11) is 0. The van der Waals surface area contributed by atoms with E-state index in [1.165, 1.54) is 21.8 Å². The minimum atomic E-state index is -0.797. The number of ether oxygens (including phenoxy) is 2. The largest absolute Gasteiger partial charge is 0.354 e. The van der Waals surface area contributed by atoms with E-state index in [1.807, 2.05) is 38.1 Å². The Kier molecular flexibility index (Phi) is 7.07. The van der Waals surface area contributed by atoms with E-state index in [9.17, 15) is 9.59 Å². The first-order chi connectivity index (χ1) is 19.3. The normalized spacial score (nSPS) is 19.7. The van der Waals surface area contributed by atoms with Crippen molar-refractivity contribution in [3.63, 3.8) is 0 Å². The van der Waals surface area contributed by atoms with Crippen molar-refractivity contribution in [1.29, 1.82) is 0 Å². The summed E-state index contributed by atoms with van der Waals surface area (Å²) in [5, 5.41) is 19.7.